The highest BCUT2D eigenvalue weighted by Gasteiger charge is 1.99. The van der Waals surface area contributed by atoms with Crippen molar-refractivity contribution in [3.05, 3.63) is 0 Å². The third-order valence-corrected chi connectivity index (χ3v) is 10.5. The Balaban J connectivity index is 3.04. The van der Waals surface area contributed by atoms with Crippen molar-refractivity contribution in [2.45, 2.75) is 264 Å². The summed E-state index contributed by atoms with van der Waals surface area (Å²) in [5.41, 5.74) is 0. The van der Waals surface area contributed by atoms with E-state index < -0.39 is 5.97 Å². The summed E-state index contributed by atoms with van der Waals surface area (Å²) in [6.45, 7) is 4.47. The van der Waals surface area contributed by atoms with Gasteiger partial charge in [-0.25, -0.2) is 0 Å². The molecule has 0 fully saturated rings. The molecule has 0 saturated carbocycles. The molecule has 0 aliphatic rings. The van der Waals surface area contributed by atoms with Crippen LogP contribution in [0.1, 0.15) is 264 Å². The number of carboxylic acids is 1. The Bertz CT molecular complexity index is 565. The van der Waals surface area contributed by atoms with E-state index in [9.17, 15) is 4.79 Å². The topological polar surface area (TPSA) is 49.3 Å². The highest BCUT2D eigenvalue weighted by molar-refractivity contribution is 5.66. The molecule has 3 nitrogen and oxygen atoms in total. The van der Waals surface area contributed by atoms with Crippen LogP contribution in [0.15, 0.2) is 0 Å². The zero-order valence-corrected chi connectivity index (χ0v) is 32.6. The van der Waals surface area contributed by atoms with Crippen LogP contribution in [0.2, 0.25) is 0 Å². The second-order valence-electron chi connectivity index (χ2n) is 15.3. The summed E-state index contributed by atoms with van der Waals surface area (Å²) >= 11 is 0. The van der Waals surface area contributed by atoms with E-state index >= 15 is 0 Å². The van der Waals surface area contributed by atoms with Gasteiger partial charge in [0.15, 0.2) is 0 Å². The third kappa shape index (κ3) is 45.4. The first-order valence-corrected chi connectivity index (χ1v) is 22.2. The predicted molar refractivity (Wildman–Crippen MR) is 211 cm³/mol. The van der Waals surface area contributed by atoms with Crippen molar-refractivity contribution in [2.75, 3.05) is 13.1 Å². The zero-order valence-electron chi connectivity index (χ0n) is 32.6. The van der Waals surface area contributed by atoms with Gasteiger partial charge >= 0.3 is 5.97 Å². The Morgan fingerprint density at radius 2 is 0.511 bits per heavy atom. The Morgan fingerprint density at radius 1 is 0.319 bits per heavy atom. The van der Waals surface area contributed by atoms with Gasteiger partial charge in [0.2, 0.25) is 0 Å². The van der Waals surface area contributed by atoms with Gasteiger partial charge in [0.05, 0.1) is 0 Å². The number of carbonyl (C=O) groups is 1. The maximum absolute atomic E-state index is 10.5. The van der Waals surface area contributed by atoms with Gasteiger partial charge in [0.25, 0.3) is 0 Å². The van der Waals surface area contributed by atoms with Crippen molar-refractivity contribution < 1.29 is 9.90 Å². The maximum atomic E-state index is 10.5. The molecule has 0 atom stereocenters. The molecule has 0 aliphatic carbocycles. The highest BCUT2D eigenvalue weighted by Crippen LogP contribution is 2.17. The molecule has 0 aliphatic heterocycles. The molecule has 0 amide bonds. The number of aliphatic carboxylic acids is 1. The Morgan fingerprint density at radius 3 is 0.723 bits per heavy atom. The number of hydrogen-bond acceptors (Lipinski definition) is 2. The monoisotopic (exact) mass is 664 g/mol. The molecule has 0 spiro atoms. The molecule has 0 aromatic carbocycles. The first-order valence-electron chi connectivity index (χ1n) is 22.2. The van der Waals surface area contributed by atoms with E-state index in [0.717, 1.165) is 32.4 Å². The average Bonchev–Trinajstić information content (AvgIpc) is 3.07. The molecular formula is C44H89NO2. The zero-order chi connectivity index (χ0) is 34.0. The summed E-state index contributed by atoms with van der Waals surface area (Å²) in [6, 6.07) is 0. The molecule has 282 valence electrons. The summed E-state index contributed by atoms with van der Waals surface area (Å²) in [6.07, 6.45) is 55.7. The summed E-state index contributed by atoms with van der Waals surface area (Å²) in [5.74, 6) is -0.667. The van der Waals surface area contributed by atoms with Crippen molar-refractivity contribution >= 4 is 5.97 Å². The van der Waals surface area contributed by atoms with Crippen molar-refractivity contribution in [1.29, 1.82) is 0 Å². The minimum Gasteiger partial charge on any atom is -0.481 e. The van der Waals surface area contributed by atoms with Crippen LogP contribution in [0.5, 0.6) is 0 Å². The summed E-state index contributed by atoms with van der Waals surface area (Å²) in [5, 5.41) is 12.1. The second kappa shape index (κ2) is 43.5. The quantitative estimate of drug-likeness (QED) is 0.0638. The lowest BCUT2D eigenvalue weighted by Gasteiger charge is -2.05. The van der Waals surface area contributed by atoms with E-state index in [-0.39, 0.29) is 0 Å². The fraction of sp³-hybridized carbons (Fsp3) is 0.977. The molecular weight excluding hydrogens is 574 g/mol. The molecule has 0 saturated heterocycles. The van der Waals surface area contributed by atoms with E-state index in [1.165, 1.54) is 231 Å². The van der Waals surface area contributed by atoms with Crippen LogP contribution in [0, 0.1) is 0 Å². The average molecular weight is 664 g/mol. The van der Waals surface area contributed by atoms with Crippen LogP contribution >= 0.6 is 0 Å². The molecule has 2 N–H and O–H groups in total. The minimum atomic E-state index is -0.667. The molecule has 0 bridgehead atoms. The van der Waals surface area contributed by atoms with Crippen LogP contribution in [0.25, 0.3) is 0 Å². The van der Waals surface area contributed by atoms with Gasteiger partial charge in [-0.2, -0.15) is 0 Å². The van der Waals surface area contributed by atoms with Crippen LogP contribution in [0.4, 0.5) is 0 Å². The number of unbranched alkanes of at least 4 members (excludes halogenated alkanes) is 37. The first kappa shape index (κ1) is 46.4. The molecule has 0 aromatic rings. The van der Waals surface area contributed by atoms with Crippen LogP contribution in [0.3, 0.4) is 0 Å². The molecule has 0 radical (unpaired) electrons. The molecule has 3 heteroatoms. The predicted octanol–water partition coefficient (Wildman–Crippen LogP) is 15.3. The highest BCUT2D eigenvalue weighted by atomic mass is 16.4. The van der Waals surface area contributed by atoms with E-state index in [2.05, 4.69) is 12.2 Å². The number of rotatable bonds is 43. The third-order valence-electron chi connectivity index (χ3n) is 10.5. The first-order chi connectivity index (χ1) is 23.3. The molecule has 0 rings (SSSR count). The Labute approximate surface area is 297 Å². The fourth-order valence-corrected chi connectivity index (χ4v) is 7.16. The SMILES string of the molecule is CCCCCCCCCCCCCCCCCCCCCCCCCCCCCCCCCCCCCCNCCCCCC(=O)O. The second-order valence-corrected chi connectivity index (χ2v) is 15.3. The lowest BCUT2D eigenvalue weighted by Crippen LogP contribution is -2.16. The van der Waals surface area contributed by atoms with Crippen molar-refractivity contribution in [1.82, 2.24) is 5.32 Å². The van der Waals surface area contributed by atoms with Crippen LogP contribution in [-0.4, -0.2) is 24.2 Å². The van der Waals surface area contributed by atoms with E-state index in [1.54, 1.807) is 0 Å². The van der Waals surface area contributed by atoms with Crippen molar-refractivity contribution in [2.24, 2.45) is 0 Å². The summed E-state index contributed by atoms with van der Waals surface area (Å²) in [7, 11) is 0. The Hall–Kier alpha value is -0.570. The largest absolute Gasteiger partial charge is 0.481 e. The lowest BCUT2D eigenvalue weighted by molar-refractivity contribution is -0.137. The number of carboxylic acid groups (broad SMARTS) is 1. The molecule has 47 heavy (non-hydrogen) atoms. The fourth-order valence-electron chi connectivity index (χ4n) is 7.16. The lowest BCUT2D eigenvalue weighted by atomic mass is 10.0. The van der Waals surface area contributed by atoms with Crippen molar-refractivity contribution in [3.8, 4) is 0 Å². The summed E-state index contributed by atoms with van der Waals surface area (Å²) < 4.78 is 0. The number of nitrogens with one attached hydrogen (secondary N) is 1. The maximum Gasteiger partial charge on any atom is 0.303 e. The molecule has 0 aromatic heterocycles. The smallest absolute Gasteiger partial charge is 0.303 e. The van der Waals surface area contributed by atoms with Gasteiger partial charge in [-0.3, -0.25) is 4.79 Å². The van der Waals surface area contributed by atoms with Crippen molar-refractivity contribution in [3.63, 3.8) is 0 Å². The van der Waals surface area contributed by atoms with Gasteiger partial charge < -0.3 is 10.4 Å². The van der Waals surface area contributed by atoms with E-state index in [1.807, 2.05) is 0 Å². The van der Waals surface area contributed by atoms with E-state index in [4.69, 9.17) is 5.11 Å². The number of hydrogen-bond donors (Lipinski definition) is 2. The normalized spacial score (nSPS) is 11.5. The van der Waals surface area contributed by atoms with Gasteiger partial charge in [-0.05, 0) is 32.4 Å². The van der Waals surface area contributed by atoms with Crippen LogP contribution in [-0.2, 0) is 4.79 Å². The van der Waals surface area contributed by atoms with Gasteiger partial charge in [-0.15, -0.1) is 0 Å². The van der Waals surface area contributed by atoms with E-state index in [0.29, 0.717) is 6.42 Å². The van der Waals surface area contributed by atoms with Crippen LogP contribution < -0.4 is 5.32 Å². The standard InChI is InChI=1S/C44H89NO2/c1-2-3-4-5-6-7-8-9-10-11-12-13-14-15-16-17-18-19-20-21-22-23-24-25-26-27-28-29-30-31-32-33-34-35-36-39-42-45-43-40-37-38-41-44(46)47/h45H,2-43H2,1H3,(H,46,47). The Kier molecular flexibility index (Phi) is 42.9. The molecule has 0 unspecified atom stereocenters. The minimum absolute atomic E-state index is 0.319. The van der Waals surface area contributed by atoms with Gasteiger partial charge in [0, 0.05) is 6.42 Å². The van der Waals surface area contributed by atoms with Gasteiger partial charge in [-0.1, -0.05) is 238 Å². The van der Waals surface area contributed by atoms with Gasteiger partial charge in [0.1, 0.15) is 0 Å². The molecule has 0 heterocycles. The summed E-state index contributed by atoms with van der Waals surface area (Å²) in [4.78, 5) is 10.5.